The average Bonchev–Trinajstić information content (AvgIpc) is 2.28. The summed E-state index contributed by atoms with van der Waals surface area (Å²) < 4.78 is 29.3. The molecule has 0 radical (unpaired) electrons. The van der Waals surface area contributed by atoms with Crippen molar-refractivity contribution in [3.8, 4) is 0 Å². The molecule has 4 nitrogen and oxygen atoms in total. The number of benzene rings is 1. The minimum Gasteiger partial charge on any atom is -0.293 e. The summed E-state index contributed by atoms with van der Waals surface area (Å²) in [7, 11) is -3.85. The second-order valence-corrected chi connectivity index (χ2v) is 5.04. The van der Waals surface area contributed by atoms with Gasteiger partial charge in [0.2, 0.25) is 0 Å². The molecule has 0 amide bonds. The monoisotopic (exact) mass is 253 g/mol. The normalized spacial score (nSPS) is 12.5. The van der Waals surface area contributed by atoms with Gasteiger partial charge in [-0.25, -0.2) is 0 Å². The van der Waals surface area contributed by atoms with Crippen molar-refractivity contribution in [3.63, 3.8) is 0 Å². The lowest BCUT2D eigenvalue weighted by Crippen LogP contribution is -2.04. The highest BCUT2D eigenvalue weighted by molar-refractivity contribution is 7.85. The molecule has 0 bridgehead atoms. The lowest BCUT2D eigenvalue weighted by atomic mass is 10.2. The van der Waals surface area contributed by atoms with E-state index in [0.717, 1.165) is 5.56 Å². The van der Waals surface area contributed by atoms with Gasteiger partial charge >= 0.3 is 0 Å². The Morgan fingerprint density at radius 2 is 1.94 bits per heavy atom. The standard InChI is InChI=1S/C12H15NO3S/c14-17(15,16)11-5-10-13-9-4-8-12-6-2-1-3-7-12/h1-4,6-9H,5,10-11H2,(H,14,15,16)/b8-4+,13-9+. The first-order valence-electron chi connectivity index (χ1n) is 5.25. The highest BCUT2D eigenvalue weighted by Gasteiger charge is 2.01. The van der Waals surface area contributed by atoms with Crippen LogP contribution < -0.4 is 0 Å². The van der Waals surface area contributed by atoms with Gasteiger partial charge in [0.25, 0.3) is 10.1 Å². The Hall–Kier alpha value is -1.46. The van der Waals surface area contributed by atoms with Crippen LogP contribution in [0.2, 0.25) is 0 Å². The number of rotatable bonds is 6. The Bertz CT molecular complexity index is 478. The van der Waals surface area contributed by atoms with Crippen LogP contribution in [0, 0.1) is 0 Å². The molecule has 92 valence electrons. The zero-order valence-electron chi connectivity index (χ0n) is 9.36. The van der Waals surface area contributed by atoms with Gasteiger partial charge in [-0.05, 0) is 18.1 Å². The average molecular weight is 253 g/mol. The molecule has 17 heavy (non-hydrogen) atoms. The lowest BCUT2D eigenvalue weighted by Gasteiger charge is -1.92. The largest absolute Gasteiger partial charge is 0.293 e. The molecule has 0 aromatic heterocycles. The van der Waals surface area contributed by atoms with Crippen LogP contribution in [-0.2, 0) is 10.1 Å². The van der Waals surface area contributed by atoms with Gasteiger partial charge in [-0.1, -0.05) is 36.4 Å². The number of aliphatic imine (C=N–C) groups is 1. The first-order chi connectivity index (χ1) is 8.08. The van der Waals surface area contributed by atoms with Gasteiger partial charge in [0.05, 0.1) is 5.75 Å². The Balaban J connectivity index is 2.25. The summed E-state index contributed by atoms with van der Waals surface area (Å²) in [5.41, 5.74) is 1.08. The molecule has 0 heterocycles. The number of hydrogen-bond donors (Lipinski definition) is 1. The van der Waals surface area contributed by atoms with Crippen LogP contribution in [0.1, 0.15) is 12.0 Å². The Labute approximate surface area is 101 Å². The summed E-state index contributed by atoms with van der Waals surface area (Å²) in [6.07, 6.45) is 5.65. The topological polar surface area (TPSA) is 66.7 Å². The van der Waals surface area contributed by atoms with Crippen molar-refractivity contribution in [1.82, 2.24) is 0 Å². The van der Waals surface area contributed by atoms with E-state index in [1.165, 1.54) is 0 Å². The van der Waals surface area contributed by atoms with Crippen molar-refractivity contribution in [1.29, 1.82) is 0 Å². The fourth-order valence-corrected chi connectivity index (χ4v) is 1.69. The molecule has 0 saturated heterocycles. The molecule has 1 aromatic rings. The quantitative estimate of drug-likeness (QED) is 0.479. The van der Waals surface area contributed by atoms with Gasteiger partial charge in [-0.3, -0.25) is 9.55 Å². The summed E-state index contributed by atoms with van der Waals surface area (Å²) in [6, 6.07) is 9.79. The second-order valence-electron chi connectivity index (χ2n) is 3.46. The van der Waals surface area contributed by atoms with Crippen molar-refractivity contribution >= 4 is 22.4 Å². The van der Waals surface area contributed by atoms with Crippen molar-refractivity contribution in [2.24, 2.45) is 4.99 Å². The van der Waals surface area contributed by atoms with E-state index in [1.807, 2.05) is 36.4 Å². The van der Waals surface area contributed by atoms with E-state index in [0.29, 0.717) is 13.0 Å². The fraction of sp³-hybridized carbons (Fsp3) is 0.250. The van der Waals surface area contributed by atoms with Gasteiger partial charge in [0.15, 0.2) is 0 Å². The molecule has 0 saturated carbocycles. The smallest absolute Gasteiger partial charge is 0.264 e. The molecular formula is C12H15NO3S. The van der Waals surface area contributed by atoms with Gasteiger partial charge in [0, 0.05) is 12.8 Å². The van der Waals surface area contributed by atoms with Crippen LogP contribution in [0.5, 0.6) is 0 Å². The molecule has 0 aliphatic carbocycles. The van der Waals surface area contributed by atoms with Crippen LogP contribution in [-0.4, -0.2) is 31.5 Å². The van der Waals surface area contributed by atoms with E-state index < -0.39 is 10.1 Å². The molecule has 0 spiro atoms. The lowest BCUT2D eigenvalue weighted by molar-refractivity contribution is 0.481. The molecule has 1 N–H and O–H groups in total. The molecule has 1 rings (SSSR count). The van der Waals surface area contributed by atoms with Crippen LogP contribution in [0.4, 0.5) is 0 Å². The number of allylic oxidation sites excluding steroid dienone is 1. The molecule has 0 aliphatic heterocycles. The van der Waals surface area contributed by atoms with E-state index in [9.17, 15) is 8.42 Å². The maximum Gasteiger partial charge on any atom is 0.264 e. The molecule has 0 aliphatic rings. The second kappa shape index (κ2) is 6.98. The molecule has 0 atom stereocenters. The third-order valence-corrected chi connectivity index (χ3v) is 2.77. The molecule has 5 heteroatoms. The van der Waals surface area contributed by atoms with Gasteiger partial charge in [0.1, 0.15) is 0 Å². The maximum atomic E-state index is 10.4. The van der Waals surface area contributed by atoms with Gasteiger partial charge < -0.3 is 0 Å². The summed E-state index contributed by atoms with van der Waals surface area (Å²) in [5.74, 6) is -0.243. The van der Waals surface area contributed by atoms with E-state index in [4.69, 9.17) is 4.55 Å². The molecular weight excluding hydrogens is 238 g/mol. The summed E-state index contributed by atoms with van der Waals surface area (Å²) in [4.78, 5) is 4.00. The predicted octanol–water partition coefficient (Wildman–Crippen LogP) is 2.05. The van der Waals surface area contributed by atoms with Crippen LogP contribution in [0.25, 0.3) is 6.08 Å². The van der Waals surface area contributed by atoms with Crippen LogP contribution in [0.3, 0.4) is 0 Å². The summed E-state index contributed by atoms with van der Waals surface area (Å²) >= 11 is 0. The first kappa shape index (κ1) is 13.6. The Kier molecular flexibility index (Phi) is 5.59. The van der Waals surface area contributed by atoms with Crippen molar-refractivity contribution in [3.05, 3.63) is 42.0 Å². The van der Waals surface area contributed by atoms with E-state index in [1.54, 1.807) is 12.3 Å². The third kappa shape index (κ3) is 7.43. The van der Waals surface area contributed by atoms with E-state index in [-0.39, 0.29) is 5.75 Å². The highest BCUT2D eigenvalue weighted by Crippen LogP contribution is 1.99. The highest BCUT2D eigenvalue weighted by atomic mass is 32.2. The minimum atomic E-state index is -3.85. The number of hydrogen-bond acceptors (Lipinski definition) is 3. The van der Waals surface area contributed by atoms with Gasteiger partial charge in [-0.2, -0.15) is 8.42 Å². The molecule has 0 unspecified atom stereocenters. The minimum absolute atomic E-state index is 0.243. The van der Waals surface area contributed by atoms with Crippen LogP contribution >= 0.6 is 0 Å². The van der Waals surface area contributed by atoms with Crippen molar-refractivity contribution in [2.45, 2.75) is 6.42 Å². The SMILES string of the molecule is O=S(=O)(O)CCC/N=C/C=C/c1ccccc1. The number of nitrogens with zero attached hydrogens (tertiary/aromatic N) is 1. The van der Waals surface area contributed by atoms with Crippen molar-refractivity contribution < 1.29 is 13.0 Å². The zero-order valence-corrected chi connectivity index (χ0v) is 10.2. The predicted molar refractivity (Wildman–Crippen MR) is 69.9 cm³/mol. The van der Waals surface area contributed by atoms with Crippen LogP contribution in [0.15, 0.2) is 41.4 Å². The summed E-state index contributed by atoms with van der Waals surface area (Å²) in [5, 5.41) is 0. The van der Waals surface area contributed by atoms with Crippen molar-refractivity contribution in [2.75, 3.05) is 12.3 Å². The van der Waals surface area contributed by atoms with E-state index >= 15 is 0 Å². The zero-order chi connectivity index (χ0) is 12.6. The molecule has 1 aromatic carbocycles. The Morgan fingerprint density at radius 3 is 2.59 bits per heavy atom. The maximum absolute atomic E-state index is 10.4. The van der Waals surface area contributed by atoms with E-state index in [2.05, 4.69) is 4.99 Å². The summed E-state index contributed by atoms with van der Waals surface area (Å²) in [6.45, 7) is 0.388. The van der Waals surface area contributed by atoms with Gasteiger partial charge in [-0.15, -0.1) is 0 Å². The third-order valence-electron chi connectivity index (χ3n) is 1.97. The Morgan fingerprint density at radius 1 is 1.24 bits per heavy atom. The molecule has 0 fully saturated rings. The first-order valence-corrected chi connectivity index (χ1v) is 6.85. The fourth-order valence-electron chi connectivity index (χ4n) is 1.19.